The monoisotopic (exact) mass is 449 g/mol. The van der Waals surface area contributed by atoms with E-state index in [-0.39, 0.29) is 24.7 Å². The SMILES string of the molecule is CCNC(=NCC(=O)N(C)CCc1ccccn1)NCC(O)c1ccc(OC(F)F)cc1. The van der Waals surface area contributed by atoms with Crippen LogP contribution < -0.4 is 15.4 Å². The van der Waals surface area contributed by atoms with Gasteiger partial charge in [0, 0.05) is 45.0 Å². The van der Waals surface area contributed by atoms with Crippen molar-refractivity contribution in [1.82, 2.24) is 20.5 Å². The first kappa shape index (κ1) is 25.0. The fraction of sp³-hybridized carbons (Fsp3) is 0.409. The first-order valence-corrected chi connectivity index (χ1v) is 10.3. The third kappa shape index (κ3) is 8.84. The highest BCUT2D eigenvalue weighted by Crippen LogP contribution is 2.18. The zero-order chi connectivity index (χ0) is 23.3. The van der Waals surface area contributed by atoms with Crippen LogP contribution in [0.1, 0.15) is 24.3 Å². The van der Waals surface area contributed by atoms with Gasteiger partial charge in [0.15, 0.2) is 5.96 Å². The Bertz CT molecular complexity index is 850. The normalized spacial score (nSPS) is 12.4. The fourth-order valence-electron chi connectivity index (χ4n) is 2.74. The number of halogens is 2. The maximum absolute atomic E-state index is 12.4. The van der Waals surface area contributed by atoms with Gasteiger partial charge in [0.1, 0.15) is 12.3 Å². The van der Waals surface area contributed by atoms with E-state index in [1.165, 1.54) is 24.3 Å². The lowest BCUT2D eigenvalue weighted by Gasteiger charge is -2.18. The number of hydrogen-bond donors (Lipinski definition) is 3. The largest absolute Gasteiger partial charge is 0.435 e. The van der Waals surface area contributed by atoms with Gasteiger partial charge in [-0.25, -0.2) is 4.99 Å². The molecule has 174 valence electrons. The van der Waals surface area contributed by atoms with Crippen LogP contribution in [0.25, 0.3) is 0 Å². The van der Waals surface area contributed by atoms with E-state index in [1.54, 1.807) is 18.1 Å². The van der Waals surface area contributed by atoms with Crippen molar-refractivity contribution in [2.75, 3.05) is 33.2 Å². The van der Waals surface area contributed by atoms with Gasteiger partial charge in [0.05, 0.1) is 6.10 Å². The molecule has 32 heavy (non-hydrogen) atoms. The zero-order valence-corrected chi connectivity index (χ0v) is 18.2. The van der Waals surface area contributed by atoms with Crippen LogP contribution in [-0.4, -0.2) is 66.7 Å². The molecule has 1 aromatic heterocycles. The van der Waals surface area contributed by atoms with Crippen LogP contribution in [0.15, 0.2) is 53.7 Å². The second-order valence-corrected chi connectivity index (χ2v) is 6.93. The summed E-state index contributed by atoms with van der Waals surface area (Å²) < 4.78 is 28.8. The van der Waals surface area contributed by atoms with Crippen LogP contribution in [0.2, 0.25) is 0 Å². The van der Waals surface area contributed by atoms with Crippen LogP contribution in [0.4, 0.5) is 8.78 Å². The fourth-order valence-corrected chi connectivity index (χ4v) is 2.74. The molecule has 0 radical (unpaired) electrons. The van der Waals surface area contributed by atoms with Crippen molar-refractivity contribution in [2.24, 2.45) is 4.99 Å². The van der Waals surface area contributed by atoms with Crippen molar-refractivity contribution in [1.29, 1.82) is 0 Å². The van der Waals surface area contributed by atoms with E-state index < -0.39 is 12.7 Å². The van der Waals surface area contributed by atoms with Gasteiger partial charge < -0.3 is 25.4 Å². The Balaban J connectivity index is 1.83. The smallest absolute Gasteiger partial charge is 0.387 e. The summed E-state index contributed by atoms with van der Waals surface area (Å²) >= 11 is 0. The summed E-state index contributed by atoms with van der Waals surface area (Å²) in [5.41, 5.74) is 1.44. The van der Waals surface area contributed by atoms with E-state index in [0.717, 1.165) is 5.69 Å². The van der Waals surface area contributed by atoms with Crippen molar-refractivity contribution >= 4 is 11.9 Å². The van der Waals surface area contributed by atoms with Gasteiger partial charge in [-0.2, -0.15) is 8.78 Å². The number of hydrogen-bond acceptors (Lipinski definition) is 5. The maximum atomic E-state index is 12.4. The summed E-state index contributed by atoms with van der Waals surface area (Å²) in [7, 11) is 1.71. The Kier molecular flexibility index (Phi) is 10.3. The number of benzene rings is 1. The number of amides is 1. The Labute approximate surface area is 186 Å². The number of carbonyl (C=O) groups excluding carboxylic acids is 1. The third-order valence-corrected chi connectivity index (χ3v) is 4.52. The first-order chi connectivity index (χ1) is 15.4. The molecule has 1 heterocycles. The lowest BCUT2D eigenvalue weighted by atomic mass is 10.1. The molecule has 8 nitrogen and oxygen atoms in total. The topological polar surface area (TPSA) is 99.1 Å². The molecular weight excluding hydrogens is 420 g/mol. The summed E-state index contributed by atoms with van der Waals surface area (Å²) in [6.45, 7) is 0.151. The number of guanidine groups is 1. The number of pyridine rings is 1. The number of nitrogens with zero attached hydrogens (tertiary/aromatic N) is 3. The Morgan fingerprint density at radius 2 is 1.97 bits per heavy atom. The van der Waals surface area contributed by atoms with Crippen LogP contribution in [0.5, 0.6) is 5.75 Å². The molecule has 0 saturated carbocycles. The number of aliphatic imine (C=N–C) groups is 1. The van der Waals surface area contributed by atoms with Crippen LogP contribution in [-0.2, 0) is 11.2 Å². The number of nitrogens with one attached hydrogen (secondary N) is 2. The number of aliphatic hydroxyl groups excluding tert-OH is 1. The molecule has 3 N–H and O–H groups in total. The highest BCUT2D eigenvalue weighted by Gasteiger charge is 2.12. The molecule has 0 bridgehead atoms. The molecule has 0 aliphatic carbocycles. The minimum atomic E-state index is -2.90. The maximum Gasteiger partial charge on any atom is 0.387 e. The number of ether oxygens (including phenoxy) is 1. The van der Waals surface area contributed by atoms with E-state index in [9.17, 15) is 18.7 Å². The van der Waals surface area contributed by atoms with Crippen molar-refractivity contribution in [3.63, 3.8) is 0 Å². The third-order valence-electron chi connectivity index (χ3n) is 4.52. The average Bonchev–Trinajstić information content (AvgIpc) is 2.79. The lowest BCUT2D eigenvalue weighted by molar-refractivity contribution is -0.128. The highest BCUT2D eigenvalue weighted by molar-refractivity contribution is 5.84. The van der Waals surface area contributed by atoms with E-state index in [4.69, 9.17) is 0 Å². The lowest BCUT2D eigenvalue weighted by Crippen LogP contribution is -2.40. The van der Waals surface area contributed by atoms with E-state index in [0.29, 0.717) is 31.0 Å². The van der Waals surface area contributed by atoms with Crippen LogP contribution in [0, 0.1) is 0 Å². The van der Waals surface area contributed by atoms with Crippen LogP contribution in [0.3, 0.4) is 0 Å². The van der Waals surface area contributed by atoms with Crippen molar-refractivity contribution in [3.05, 3.63) is 59.9 Å². The number of likely N-dealkylation sites (N-methyl/N-ethyl adjacent to an activating group) is 1. The Morgan fingerprint density at radius 1 is 1.22 bits per heavy atom. The molecule has 0 fully saturated rings. The van der Waals surface area contributed by atoms with E-state index in [2.05, 4.69) is 25.3 Å². The van der Waals surface area contributed by atoms with Gasteiger partial charge in [0.2, 0.25) is 5.91 Å². The summed E-state index contributed by atoms with van der Waals surface area (Å²) in [6.07, 6.45) is 1.46. The van der Waals surface area contributed by atoms with Gasteiger partial charge in [-0.3, -0.25) is 9.78 Å². The first-order valence-electron chi connectivity index (χ1n) is 10.3. The second kappa shape index (κ2) is 13.2. The van der Waals surface area contributed by atoms with Crippen molar-refractivity contribution in [3.8, 4) is 5.75 Å². The molecule has 0 aliphatic heterocycles. The zero-order valence-electron chi connectivity index (χ0n) is 18.2. The molecule has 1 atom stereocenters. The standard InChI is InChI=1S/C22H29F2N5O3/c1-3-25-22(27-14-19(30)16-7-9-18(10-8-16)32-21(23)24)28-15-20(31)29(2)13-11-17-6-4-5-12-26-17/h4-10,12,19,21,30H,3,11,13-15H2,1-2H3,(H2,25,27,28). The molecule has 1 amide bonds. The second-order valence-electron chi connectivity index (χ2n) is 6.93. The molecule has 2 rings (SSSR count). The van der Waals surface area contributed by atoms with Gasteiger partial charge >= 0.3 is 6.61 Å². The van der Waals surface area contributed by atoms with Gasteiger partial charge in [0.25, 0.3) is 0 Å². The number of rotatable bonds is 11. The summed E-state index contributed by atoms with van der Waals surface area (Å²) in [4.78, 5) is 22.5. The minimum Gasteiger partial charge on any atom is -0.435 e. The van der Waals surface area contributed by atoms with E-state index in [1.807, 2.05) is 25.1 Å². The number of alkyl halides is 2. The quantitative estimate of drug-likeness (QED) is 0.358. The van der Waals surface area contributed by atoms with E-state index >= 15 is 0 Å². The minimum absolute atomic E-state index is 0.0180. The Morgan fingerprint density at radius 3 is 2.59 bits per heavy atom. The number of carbonyl (C=O) groups is 1. The van der Waals surface area contributed by atoms with Gasteiger partial charge in [-0.05, 0) is 36.8 Å². The van der Waals surface area contributed by atoms with Gasteiger partial charge in [-0.15, -0.1) is 0 Å². The highest BCUT2D eigenvalue weighted by atomic mass is 19.3. The molecular formula is C22H29F2N5O3. The summed E-state index contributed by atoms with van der Waals surface area (Å²) in [6, 6.07) is 11.4. The van der Waals surface area contributed by atoms with Crippen LogP contribution >= 0.6 is 0 Å². The molecule has 0 saturated heterocycles. The molecule has 0 spiro atoms. The molecule has 1 aromatic carbocycles. The van der Waals surface area contributed by atoms with Crippen molar-refractivity contribution < 1.29 is 23.4 Å². The number of aromatic nitrogens is 1. The predicted molar refractivity (Wildman–Crippen MR) is 118 cm³/mol. The average molecular weight is 450 g/mol. The molecule has 2 aromatic rings. The predicted octanol–water partition coefficient (Wildman–Crippen LogP) is 1.97. The summed E-state index contributed by atoms with van der Waals surface area (Å²) in [5.74, 6) is 0.258. The molecule has 10 heteroatoms. The number of aliphatic hydroxyl groups is 1. The van der Waals surface area contributed by atoms with Crippen molar-refractivity contribution in [2.45, 2.75) is 26.1 Å². The Hall–Kier alpha value is -3.27. The summed E-state index contributed by atoms with van der Waals surface area (Å²) in [5, 5.41) is 16.3. The van der Waals surface area contributed by atoms with Gasteiger partial charge in [-0.1, -0.05) is 18.2 Å². The molecule has 1 unspecified atom stereocenters. The molecule has 0 aliphatic rings.